The van der Waals surface area contributed by atoms with Crippen LogP contribution < -0.4 is 16.2 Å². The number of rotatable bonds is 6. The van der Waals surface area contributed by atoms with Crippen molar-refractivity contribution in [2.24, 2.45) is 0 Å². The molecule has 0 radical (unpaired) electrons. The van der Waals surface area contributed by atoms with Crippen LogP contribution in [0.5, 0.6) is 0 Å². The van der Waals surface area contributed by atoms with E-state index in [1.165, 1.54) is 10.5 Å². The molecule has 0 saturated carbocycles. The first-order chi connectivity index (χ1) is 15.9. The maximum atomic E-state index is 13.3. The molecule has 2 heterocycles. The van der Waals surface area contributed by atoms with Crippen molar-refractivity contribution >= 4 is 62.1 Å². The van der Waals surface area contributed by atoms with Crippen molar-refractivity contribution in [1.29, 1.82) is 0 Å². The molecule has 7 nitrogen and oxygen atoms in total. The average Bonchev–Trinajstić information content (AvgIpc) is 3.17. The van der Waals surface area contributed by atoms with E-state index in [1.807, 2.05) is 38.1 Å². The molecule has 0 bridgehead atoms. The van der Waals surface area contributed by atoms with Gasteiger partial charge in [0.1, 0.15) is 10.6 Å². The minimum Gasteiger partial charge on any atom is -0.321 e. The van der Waals surface area contributed by atoms with E-state index < -0.39 is 11.8 Å². The molecule has 9 heteroatoms. The number of aromatic nitrogens is 2. The minimum atomic E-state index is -0.552. The van der Waals surface area contributed by atoms with Crippen LogP contribution in [0.4, 0.5) is 11.4 Å². The molecule has 0 aliphatic rings. The average molecular weight is 572 g/mol. The van der Waals surface area contributed by atoms with E-state index in [0.717, 1.165) is 26.9 Å². The number of benzene rings is 2. The second kappa shape index (κ2) is 9.84. The summed E-state index contributed by atoms with van der Waals surface area (Å²) in [5, 5.41) is 5.61. The summed E-state index contributed by atoms with van der Waals surface area (Å²) in [5.41, 5.74) is 2.44. The highest BCUT2D eigenvalue weighted by molar-refractivity contribution is 14.1. The van der Waals surface area contributed by atoms with Crippen LogP contribution in [0, 0.1) is 10.5 Å². The quantitative estimate of drug-likeness (QED) is 0.314. The summed E-state index contributed by atoms with van der Waals surface area (Å²) in [5.74, 6) is -1.03. The van der Waals surface area contributed by atoms with Gasteiger partial charge in [0.25, 0.3) is 17.4 Å². The standard InChI is InChI=1S/C24H21IN4O3S/c1-3-4-18-13-19(30)29-20(22(31)26-17-11-7-15(25)8-12-17)21(33-24(29)28-18)23(32)27-16-9-5-14(2)6-10-16/h5-13H,3-4H2,1-2H3,(H,26,31)(H,27,32). The molecule has 0 spiro atoms. The molecule has 0 saturated heterocycles. The number of amides is 2. The highest BCUT2D eigenvalue weighted by Gasteiger charge is 2.26. The number of fused-ring (bicyclic) bond motifs is 1. The third-order valence-corrected chi connectivity index (χ3v) is 6.67. The van der Waals surface area contributed by atoms with Crippen LogP contribution >= 0.6 is 33.9 Å². The molecule has 2 aromatic carbocycles. The fourth-order valence-electron chi connectivity index (χ4n) is 3.31. The summed E-state index contributed by atoms with van der Waals surface area (Å²) in [4.78, 5) is 44.4. The molecule has 0 fully saturated rings. The maximum absolute atomic E-state index is 13.3. The number of aryl methyl sites for hydroxylation is 2. The smallest absolute Gasteiger partial charge is 0.274 e. The summed E-state index contributed by atoms with van der Waals surface area (Å²) in [6.45, 7) is 3.95. The number of nitrogens with one attached hydrogen (secondary N) is 2. The second-order valence-electron chi connectivity index (χ2n) is 7.51. The SMILES string of the molecule is CCCc1cc(=O)n2c(C(=O)Nc3ccc(I)cc3)c(C(=O)Nc3ccc(C)cc3)sc2n1. The lowest BCUT2D eigenvalue weighted by atomic mass is 10.2. The zero-order chi connectivity index (χ0) is 23.5. The van der Waals surface area contributed by atoms with E-state index in [2.05, 4.69) is 38.2 Å². The first kappa shape index (κ1) is 23.1. The summed E-state index contributed by atoms with van der Waals surface area (Å²) < 4.78 is 2.24. The van der Waals surface area contributed by atoms with Crippen LogP contribution in [-0.2, 0) is 6.42 Å². The Labute approximate surface area is 208 Å². The van der Waals surface area contributed by atoms with Gasteiger partial charge in [-0.15, -0.1) is 0 Å². The molecule has 0 unspecified atom stereocenters. The zero-order valence-corrected chi connectivity index (χ0v) is 21.0. The van der Waals surface area contributed by atoms with Crippen molar-refractivity contribution in [3.8, 4) is 0 Å². The summed E-state index contributed by atoms with van der Waals surface area (Å²) >= 11 is 3.20. The lowest BCUT2D eigenvalue weighted by molar-refractivity contribution is 0.0989. The number of anilines is 2. The largest absolute Gasteiger partial charge is 0.321 e. The third-order valence-electron chi connectivity index (χ3n) is 4.91. The Kier molecular flexibility index (Phi) is 6.89. The van der Waals surface area contributed by atoms with Crippen molar-refractivity contribution in [1.82, 2.24) is 9.38 Å². The molecule has 2 N–H and O–H groups in total. The fraction of sp³-hybridized carbons (Fsp3) is 0.167. The van der Waals surface area contributed by atoms with Gasteiger partial charge < -0.3 is 10.6 Å². The van der Waals surface area contributed by atoms with E-state index in [0.29, 0.717) is 28.5 Å². The molecule has 4 aromatic rings. The zero-order valence-electron chi connectivity index (χ0n) is 18.0. The number of hydrogen-bond donors (Lipinski definition) is 2. The molecule has 2 amide bonds. The van der Waals surface area contributed by atoms with Crippen molar-refractivity contribution in [3.05, 3.63) is 90.3 Å². The normalized spacial score (nSPS) is 10.9. The predicted molar refractivity (Wildman–Crippen MR) is 140 cm³/mol. The molecule has 2 aromatic heterocycles. The number of carbonyl (C=O) groups is 2. The van der Waals surface area contributed by atoms with Crippen LogP contribution in [-0.4, -0.2) is 21.2 Å². The van der Waals surface area contributed by atoms with Crippen LogP contribution in [0.1, 0.15) is 44.8 Å². The molecular formula is C24H21IN4O3S. The van der Waals surface area contributed by atoms with Crippen LogP contribution in [0.25, 0.3) is 4.96 Å². The van der Waals surface area contributed by atoms with Gasteiger partial charge in [-0.1, -0.05) is 42.4 Å². The molecule has 0 aliphatic heterocycles. The van der Waals surface area contributed by atoms with Crippen molar-refractivity contribution in [2.45, 2.75) is 26.7 Å². The van der Waals surface area contributed by atoms with Crippen molar-refractivity contribution in [3.63, 3.8) is 0 Å². The number of thiazole rings is 1. The molecule has 0 atom stereocenters. The summed E-state index contributed by atoms with van der Waals surface area (Å²) in [7, 11) is 0. The Hall–Kier alpha value is -3.05. The van der Waals surface area contributed by atoms with E-state index in [-0.39, 0.29) is 16.1 Å². The lowest BCUT2D eigenvalue weighted by Gasteiger charge is -2.08. The van der Waals surface area contributed by atoms with Gasteiger partial charge in [0.2, 0.25) is 0 Å². The van der Waals surface area contributed by atoms with Gasteiger partial charge in [0, 0.05) is 26.7 Å². The van der Waals surface area contributed by atoms with E-state index >= 15 is 0 Å². The first-order valence-corrected chi connectivity index (χ1v) is 12.3. The third kappa shape index (κ3) is 5.14. The van der Waals surface area contributed by atoms with E-state index in [4.69, 9.17) is 0 Å². The van der Waals surface area contributed by atoms with Crippen molar-refractivity contribution in [2.75, 3.05) is 10.6 Å². The Morgan fingerprint density at radius 2 is 1.61 bits per heavy atom. The fourth-order valence-corrected chi connectivity index (χ4v) is 4.71. The highest BCUT2D eigenvalue weighted by atomic mass is 127. The number of hydrogen-bond acceptors (Lipinski definition) is 5. The van der Waals surface area contributed by atoms with Gasteiger partial charge in [0.05, 0.1) is 0 Å². The molecule has 0 aliphatic carbocycles. The highest BCUT2D eigenvalue weighted by Crippen LogP contribution is 2.24. The Morgan fingerprint density at radius 1 is 1.00 bits per heavy atom. The monoisotopic (exact) mass is 572 g/mol. The molecular weight excluding hydrogens is 551 g/mol. The topological polar surface area (TPSA) is 92.6 Å². The van der Waals surface area contributed by atoms with Gasteiger partial charge in [-0.2, -0.15) is 0 Å². The van der Waals surface area contributed by atoms with Crippen LogP contribution in [0.3, 0.4) is 0 Å². The van der Waals surface area contributed by atoms with Gasteiger partial charge in [-0.05, 0) is 72.3 Å². The molecule has 33 heavy (non-hydrogen) atoms. The summed E-state index contributed by atoms with van der Waals surface area (Å²) in [6.07, 6.45) is 1.47. The van der Waals surface area contributed by atoms with Crippen LogP contribution in [0.15, 0.2) is 59.4 Å². The maximum Gasteiger partial charge on any atom is 0.274 e. The predicted octanol–water partition coefficient (Wildman–Crippen LogP) is 5.13. The van der Waals surface area contributed by atoms with Gasteiger partial charge in [-0.25, -0.2) is 9.38 Å². The van der Waals surface area contributed by atoms with Crippen molar-refractivity contribution < 1.29 is 9.59 Å². The first-order valence-electron chi connectivity index (χ1n) is 10.4. The number of carbonyl (C=O) groups excluding carboxylic acids is 2. The lowest BCUT2D eigenvalue weighted by Crippen LogP contribution is -2.25. The Balaban J connectivity index is 1.79. The van der Waals surface area contributed by atoms with Gasteiger partial charge in [0.15, 0.2) is 4.96 Å². The van der Waals surface area contributed by atoms with Gasteiger partial charge >= 0.3 is 0 Å². The Bertz CT molecular complexity index is 1390. The van der Waals surface area contributed by atoms with E-state index in [1.54, 1.807) is 24.3 Å². The molecule has 168 valence electrons. The number of halogens is 1. The number of nitrogens with zero attached hydrogens (tertiary/aromatic N) is 2. The van der Waals surface area contributed by atoms with E-state index in [9.17, 15) is 14.4 Å². The summed E-state index contributed by atoms with van der Waals surface area (Å²) in [6, 6.07) is 16.0. The minimum absolute atomic E-state index is 0.0290. The van der Waals surface area contributed by atoms with Gasteiger partial charge in [-0.3, -0.25) is 14.4 Å². The Morgan fingerprint density at radius 3 is 2.24 bits per heavy atom. The van der Waals surface area contributed by atoms with Crippen LogP contribution in [0.2, 0.25) is 0 Å². The second-order valence-corrected chi connectivity index (χ2v) is 9.74. The molecule has 4 rings (SSSR count).